The molecule has 23 heteroatoms. The number of carbonyl (C=O) groups excluding carboxylic acids is 5. The molecule has 3 aromatic rings. The first-order valence-corrected chi connectivity index (χ1v) is 20.4. The summed E-state index contributed by atoms with van der Waals surface area (Å²) in [4.78, 5) is 103. The Kier molecular flexibility index (Phi) is 13.4. The average Bonchev–Trinajstić information content (AvgIpc) is 4.06. The van der Waals surface area contributed by atoms with Crippen LogP contribution in [0.25, 0.3) is 10.9 Å². The van der Waals surface area contributed by atoms with Crippen molar-refractivity contribution in [1.29, 1.82) is 0 Å². The van der Waals surface area contributed by atoms with Gasteiger partial charge in [-0.3, -0.25) is 28.9 Å². The normalized spacial score (nSPS) is 22.4. The molecule has 1 aromatic heterocycles. The number of aliphatic carboxylic acids is 1. The van der Waals surface area contributed by atoms with E-state index in [1.54, 1.807) is 9.47 Å². The van der Waals surface area contributed by atoms with Crippen molar-refractivity contribution in [1.82, 2.24) is 19.7 Å². The second-order valence-corrected chi connectivity index (χ2v) is 15.7. The summed E-state index contributed by atoms with van der Waals surface area (Å²) < 4.78 is 33.7. The second kappa shape index (κ2) is 19.0. The van der Waals surface area contributed by atoms with Crippen LogP contribution in [0.1, 0.15) is 60.5 Å². The highest BCUT2D eigenvalue weighted by Gasteiger charge is 2.48. The van der Waals surface area contributed by atoms with Crippen LogP contribution in [-0.4, -0.2) is 152 Å². The summed E-state index contributed by atoms with van der Waals surface area (Å²) in [6, 6.07) is 6.60. The number of ether oxygens (including phenoxy) is 3. The number of carboxylic acid groups (broad SMARTS) is 2. The molecule has 0 bridgehead atoms. The topological polar surface area (TPSA) is 304 Å². The van der Waals surface area contributed by atoms with Crippen molar-refractivity contribution in [2.45, 2.75) is 81.9 Å². The van der Waals surface area contributed by atoms with E-state index in [4.69, 9.17) is 14.2 Å². The molecule has 4 aliphatic rings. The van der Waals surface area contributed by atoms with Gasteiger partial charge in [0.1, 0.15) is 42.0 Å². The molecule has 7 N–H and O–H groups in total. The summed E-state index contributed by atoms with van der Waals surface area (Å²) in [6.07, 6.45) is -7.95. The third-order valence-electron chi connectivity index (χ3n) is 11.3. The number of benzene rings is 2. The maximum Gasteiger partial charge on any atom is 0.410 e. The SMILES string of the molecule is O=C(CCN1C(=O)CCC1=O)NCCC(=O)Nc1cc(COC(=O)N2CCN(c3cc4c(cc3F)c(=O)c(C(=O)O)cn4C3CC3)CC2)ccc1O[C@@H]1O[C@H](C(=O)O)[C@@H](O)[C@H](O)[C@H]1O. The first-order chi connectivity index (χ1) is 30.5. The summed E-state index contributed by atoms with van der Waals surface area (Å²) in [5.41, 5.74) is -0.424. The third-order valence-corrected chi connectivity index (χ3v) is 11.3. The van der Waals surface area contributed by atoms with E-state index in [1.807, 2.05) is 0 Å². The smallest absolute Gasteiger partial charge is 0.410 e. The van der Waals surface area contributed by atoms with Crippen LogP contribution in [0.5, 0.6) is 5.75 Å². The number of aliphatic hydroxyl groups is 3. The molecule has 4 fully saturated rings. The summed E-state index contributed by atoms with van der Waals surface area (Å²) in [5.74, 6) is -5.92. The van der Waals surface area contributed by atoms with E-state index < -0.39 is 77.4 Å². The Labute approximate surface area is 361 Å². The number of nitrogens with zero attached hydrogens (tertiary/aromatic N) is 4. The first kappa shape index (κ1) is 45.3. The number of aliphatic hydroxyl groups excluding tert-OH is 3. The van der Waals surface area contributed by atoms with Crippen molar-refractivity contribution < 1.29 is 77.7 Å². The standard InChI is InChI=1S/C41H45FN6O16/c42-24-16-22-26(48(21-2-3-21)18-23(33(22)53)38(57)58)17-27(24)45-11-13-46(14-12-45)41(61)62-19-20-1-4-28(63-40-36(56)34(54)35(55)37(64-40)39(59)60)25(15-20)44-30(50)7-9-43-29(49)8-10-47-31(51)5-6-32(47)52/h1,4,15-18,21,34-37,40,54-56H,2-3,5-14,19H2,(H,43,49)(H,44,50)(H,57,58)(H,59,60)/t34-,35-,36+,37-,40+/m0/s1. The van der Waals surface area contributed by atoms with E-state index in [0.717, 1.165) is 23.8 Å². The number of pyridine rings is 1. The predicted octanol–water partition coefficient (Wildman–Crippen LogP) is -0.113. The van der Waals surface area contributed by atoms with Crippen LogP contribution in [0.15, 0.2) is 41.3 Å². The lowest BCUT2D eigenvalue weighted by atomic mass is 9.99. The number of likely N-dealkylation sites (tertiary alicyclic amines) is 1. The molecule has 0 unspecified atom stereocenters. The number of nitrogens with one attached hydrogen (secondary N) is 2. The van der Waals surface area contributed by atoms with Gasteiger partial charge in [-0.25, -0.2) is 18.8 Å². The number of rotatable bonds is 15. The number of piperazine rings is 1. The van der Waals surface area contributed by atoms with Crippen LogP contribution < -0.4 is 25.7 Å². The van der Waals surface area contributed by atoms with Crippen molar-refractivity contribution >= 4 is 63.9 Å². The number of carboxylic acids is 2. The van der Waals surface area contributed by atoms with Gasteiger partial charge in [-0.05, 0) is 42.7 Å². The largest absolute Gasteiger partial charge is 0.479 e. The fourth-order valence-electron chi connectivity index (χ4n) is 7.62. The maximum atomic E-state index is 15.5. The summed E-state index contributed by atoms with van der Waals surface area (Å²) >= 11 is 0. The fourth-order valence-corrected chi connectivity index (χ4v) is 7.62. The molecule has 1 saturated carbocycles. The molecule has 0 radical (unpaired) electrons. The summed E-state index contributed by atoms with van der Waals surface area (Å²) in [7, 11) is 0. The molecular weight excluding hydrogens is 851 g/mol. The minimum Gasteiger partial charge on any atom is -0.479 e. The lowest BCUT2D eigenvalue weighted by Crippen LogP contribution is -2.61. The highest BCUT2D eigenvalue weighted by atomic mass is 19.1. The van der Waals surface area contributed by atoms with Gasteiger partial charge in [0.2, 0.25) is 35.3 Å². The van der Waals surface area contributed by atoms with Gasteiger partial charge >= 0.3 is 18.0 Å². The summed E-state index contributed by atoms with van der Waals surface area (Å²) in [5, 5.41) is 55.0. The number of amides is 5. The van der Waals surface area contributed by atoms with Crippen molar-refractivity contribution in [3.05, 3.63) is 63.7 Å². The van der Waals surface area contributed by atoms with Gasteiger partial charge in [0.25, 0.3) is 0 Å². The number of fused-ring (bicyclic) bond motifs is 1. The third kappa shape index (κ3) is 9.91. The Morgan fingerprint density at radius 1 is 0.859 bits per heavy atom. The molecule has 3 aliphatic heterocycles. The molecule has 1 aliphatic carbocycles. The van der Waals surface area contributed by atoms with E-state index in [-0.39, 0.29) is 112 Å². The fraction of sp³-hybridized carbons (Fsp3) is 0.463. The van der Waals surface area contributed by atoms with Gasteiger partial charge in [0.05, 0.1) is 16.9 Å². The quantitative estimate of drug-likeness (QED) is 0.0979. The van der Waals surface area contributed by atoms with Crippen LogP contribution in [0.4, 0.5) is 20.6 Å². The van der Waals surface area contributed by atoms with Crippen LogP contribution in [0.2, 0.25) is 0 Å². The highest BCUT2D eigenvalue weighted by molar-refractivity contribution is 6.02. The molecule has 342 valence electrons. The average molecular weight is 897 g/mol. The lowest BCUT2D eigenvalue weighted by Gasteiger charge is -2.38. The van der Waals surface area contributed by atoms with Crippen LogP contribution >= 0.6 is 0 Å². The van der Waals surface area contributed by atoms with Crippen molar-refractivity contribution in [3.63, 3.8) is 0 Å². The molecule has 22 nitrogen and oxygen atoms in total. The Morgan fingerprint density at radius 3 is 2.22 bits per heavy atom. The molecule has 3 saturated heterocycles. The maximum absolute atomic E-state index is 15.5. The Hall–Kier alpha value is -6.69. The second-order valence-electron chi connectivity index (χ2n) is 15.7. The van der Waals surface area contributed by atoms with Gasteiger partial charge in [-0.1, -0.05) is 6.07 Å². The van der Waals surface area contributed by atoms with Gasteiger partial charge in [-0.15, -0.1) is 0 Å². The van der Waals surface area contributed by atoms with E-state index in [0.29, 0.717) is 11.1 Å². The monoisotopic (exact) mass is 896 g/mol. The van der Waals surface area contributed by atoms with E-state index in [9.17, 15) is 63.9 Å². The minimum absolute atomic E-state index is 0.0172. The van der Waals surface area contributed by atoms with Gasteiger partial charge in [-0.2, -0.15) is 0 Å². The van der Waals surface area contributed by atoms with E-state index in [2.05, 4.69) is 10.6 Å². The van der Waals surface area contributed by atoms with Gasteiger partial charge in [0.15, 0.2) is 6.10 Å². The molecule has 5 atom stereocenters. The molecule has 2 aromatic carbocycles. The number of carbonyl (C=O) groups is 7. The van der Waals surface area contributed by atoms with Gasteiger partial charge in [0, 0.05) is 82.6 Å². The van der Waals surface area contributed by atoms with E-state index in [1.165, 1.54) is 35.4 Å². The number of hydrogen-bond donors (Lipinski definition) is 7. The van der Waals surface area contributed by atoms with Crippen molar-refractivity contribution in [2.75, 3.05) is 49.5 Å². The Balaban J connectivity index is 0.987. The van der Waals surface area contributed by atoms with Crippen molar-refractivity contribution in [2.24, 2.45) is 0 Å². The van der Waals surface area contributed by atoms with Crippen molar-refractivity contribution in [3.8, 4) is 5.75 Å². The Morgan fingerprint density at radius 2 is 1.56 bits per heavy atom. The number of aromatic nitrogens is 1. The molecule has 4 heterocycles. The summed E-state index contributed by atoms with van der Waals surface area (Å²) in [6.45, 7) is -0.0147. The lowest BCUT2D eigenvalue weighted by molar-refractivity contribution is -0.271. The van der Waals surface area contributed by atoms with Gasteiger partial charge < -0.3 is 64.7 Å². The highest BCUT2D eigenvalue weighted by Crippen LogP contribution is 2.38. The van der Waals surface area contributed by atoms with E-state index >= 15 is 4.39 Å². The van der Waals surface area contributed by atoms with Crippen LogP contribution in [-0.2, 0) is 40.1 Å². The molecule has 0 spiro atoms. The molecule has 5 amide bonds. The molecule has 64 heavy (non-hydrogen) atoms. The minimum atomic E-state index is -2.00. The molecule has 7 rings (SSSR count). The number of aromatic carboxylic acids is 1. The number of halogens is 1. The zero-order chi connectivity index (χ0) is 46.0. The van der Waals surface area contributed by atoms with Crippen LogP contribution in [0, 0.1) is 5.82 Å². The van der Waals surface area contributed by atoms with Crippen LogP contribution in [0.3, 0.4) is 0 Å². The predicted molar refractivity (Wildman–Crippen MR) is 216 cm³/mol. The zero-order valence-electron chi connectivity index (χ0n) is 34.0. The Bertz CT molecular complexity index is 2420. The molecular formula is C41H45FN6O16. The number of hydrogen-bond acceptors (Lipinski definition) is 15. The zero-order valence-corrected chi connectivity index (χ0v) is 34.0. The number of anilines is 2. The number of imide groups is 1. The first-order valence-electron chi connectivity index (χ1n) is 20.4.